The Kier molecular flexibility index (Phi) is 4.62. The number of halogens is 1. The highest BCUT2D eigenvalue weighted by Crippen LogP contribution is 2.25. The summed E-state index contributed by atoms with van der Waals surface area (Å²) in [6.45, 7) is 4.86. The molecule has 0 N–H and O–H groups in total. The van der Waals surface area contributed by atoms with Gasteiger partial charge < -0.3 is 4.90 Å². The van der Waals surface area contributed by atoms with Gasteiger partial charge in [0, 0.05) is 37.7 Å². The highest BCUT2D eigenvalue weighted by Gasteiger charge is 2.19. The monoisotopic (exact) mass is 311 g/mol. The molecule has 1 fully saturated rings. The van der Waals surface area contributed by atoms with Crippen LogP contribution in [0.15, 0.2) is 48.5 Å². The van der Waals surface area contributed by atoms with Gasteiger partial charge in [-0.25, -0.2) is 0 Å². The van der Waals surface area contributed by atoms with Crippen molar-refractivity contribution in [2.75, 3.05) is 31.1 Å². The summed E-state index contributed by atoms with van der Waals surface area (Å²) in [5, 5.41) is 9.89. The third-order valence-corrected chi connectivity index (χ3v) is 4.28. The number of nitriles is 1. The van der Waals surface area contributed by atoms with E-state index in [1.807, 2.05) is 18.2 Å². The van der Waals surface area contributed by atoms with Crippen LogP contribution >= 0.6 is 11.6 Å². The van der Waals surface area contributed by atoms with Crippen LogP contribution in [-0.4, -0.2) is 31.1 Å². The lowest BCUT2D eigenvalue weighted by molar-refractivity contribution is 0.250. The molecule has 3 nitrogen and oxygen atoms in total. The SMILES string of the molecule is N#Cc1cc(Cl)ccc1N1CCN(Cc2ccccc2)CC1. The van der Waals surface area contributed by atoms with Gasteiger partial charge in [0.2, 0.25) is 0 Å². The van der Waals surface area contributed by atoms with Crippen LogP contribution in [0.5, 0.6) is 0 Å². The normalized spacial score (nSPS) is 15.5. The van der Waals surface area contributed by atoms with Gasteiger partial charge >= 0.3 is 0 Å². The third-order valence-electron chi connectivity index (χ3n) is 4.04. The molecule has 0 radical (unpaired) electrons. The summed E-state index contributed by atoms with van der Waals surface area (Å²) in [7, 11) is 0. The van der Waals surface area contributed by atoms with E-state index in [1.165, 1.54) is 5.56 Å². The summed E-state index contributed by atoms with van der Waals surface area (Å²) >= 11 is 5.97. The van der Waals surface area contributed by atoms with Crippen molar-refractivity contribution in [1.82, 2.24) is 4.90 Å². The molecular formula is C18H18ClN3. The molecule has 1 aliphatic heterocycles. The standard InChI is InChI=1S/C18H18ClN3/c19-17-6-7-18(16(12-17)13-20)22-10-8-21(9-11-22)14-15-4-2-1-3-5-15/h1-7,12H,8-11,14H2. The lowest BCUT2D eigenvalue weighted by Crippen LogP contribution is -2.46. The second-order valence-electron chi connectivity index (χ2n) is 5.52. The second-order valence-corrected chi connectivity index (χ2v) is 5.96. The first kappa shape index (κ1) is 14.9. The Bertz CT molecular complexity index is 670. The molecule has 3 rings (SSSR count). The Labute approximate surface area is 136 Å². The molecule has 0 aromatic heterocycles. The van der Waals surface area contributed by atoms with Crippen molar-refractivity contribution in [3.8, 4) is 6.07 Å². The zero-order chi connectivity index (χ0) is 15.4. The van der Waals surface area contributed by atoms with Gasteiger partial charge in [0.05, 0.1) is 11.3 Å². The van der Waals surface area contributed by atoms with Crippen LogP contribution in [0, 0.1) is 11.3 Å². The number of rotatable bonds is 3. The van der Waals surface area contributed by atoms with Crippen LogP contribution in [0.2, 0.25) is 5.02 Å². The summed E-state index contributed by atoms with van der Waals surface area (Å²) in [5.41, 5.74) is 3.00. The third kappa shape index (κ3) is 3.41. The molecule has 1 heterocycles. The minimum Gasteiger partial charge on any atom is -0.368 e. The Morgan fingerprint density at radius 2 is 1.73 bits per heavy atom. The predicted octanol–water partition coefficient (Wildman–Crippen LogP) is 3.53. The highest BCUT2D eigenvalue weighted by atomic mass is 35.5. The molecule has 1 aliphatic rings. The highest BCUT2D eigenvalue weighted by molar-refractivity contribution is 6.30. The van der Waals surface area contributed by atoms with Crippen LogP contribution in [0.1, 0.15) is 11.1 Å². The summed E-state index contributed by atoms with van der Waals surface area (Å²) < 4.78 is 0. The maximum atomic E-state index is 9.27. The van der Waals surface area contributed by atoms with E-state index in [0.717, 1.165) is 38.4 Å². The summed E-state index contributed by atoms with van der Waals surface area (Å²) in [6, 6.07) is 18.3. The maximum Gasteiger partial charge on any atom is 0.101 e. The second kappa shape index (κ2) is 6.83. The van der Waals surface area contributed by atoms with E-state index in [9.17, 15) is 5.26 Å². The van der Waals surface area contributed by atoms with Crippen molar-refractivity contribution in [2.45, 2.75) is 6.54 Å². The fourth-order valence-electron chi connectivity index (χ4n) is 2.86. The molecule has 0 bridgehead atoms. The number of nitrogens with zero attached hydrogens (tertiary/aromatic N) is 3. The van der Waals surface area contributed by atoms with Crippen molar-refractivity contribution < 1.29 is 0 Å². The zero-order valence-electron chi connectivity index (χ0n) is 12.4. The van der Waals surface area contributed by atoms with Gasteiger partial charge in [0.15, 0.2) is 0 Å². The Morgan fingerprint density at radius 3 is 2.41 bits per heavy atom. The van der Waals surface area contributed by atoms with E-state index >= 15 is 0 Å². The van der Waals surface area contributed by atoms with E-state index in [-0.39, 0.29) is 0 Å². The van der Waals surface area contributed by atoms with E-state index in [0.29, 0.717) is 10.6 Å². The van der Waals surface area contributed by atoms with E-state index < -0.39 is 0 Å². The fraction of sp³-hybridized carbons (Fsp3) is 0.278. The molecule has 0 atom stereocenters. The van der Waals surface area contributed by atoms with Gasteiger partial charge in [0.1, 0.15) is 6.07 Å². The molecule has 2 aromatic rings. The molecule has 0 spiro atoms. The topological polar surface area (TPSA) is 30.3 Å². The van der Waals surface area contributed by atoms with Crippen molar-refractivity contribution in [1.29, 1.82) is 5.26 Å². The van der Waals surface area contributed by atoms with Crippen LogP contribution in [0.3, 0.4) is 0 Å². The predicted molar refractivity (Wildman–Crippen MR) is 90.1 cm³/mol. The molecule has 0 aliphatic carbocycles. The maximum absolute atomic E-state index is 9.27. The van der Waals surface area contributed by atoms with Crippen LogP contribution in [-0.2, 0) is 6.54 Å². The quantitative estimate of drug-likeness (QED) is 0.868. The average molecular weight is 312 g/mol. The minimum absolute atomic E-state index is 0.614. The summed E-state index contributed by atoms with van der Waals surface area (Å²) in [6.07, 6.45) is 0. The Balaban J connectivity index is 1.64. The van der Waals surface area contributed by atoms with Gasteiger partial charge in [-0.3, -0.25) is 4.90 Å². The molecule has 4 heteroatoms. The molecule has 0 unspecified atom stereocenters. The van der Waals surface area contributed by atoms with Gasteiger partial charge in [-0.15, -0.1) is 0 Å². The largest absolute Gasteiger partial charge is 0.368 e. The smallest absolute Gasteiger partial charge is 0.101 e. The number of hydrogen-bond acceptors (Lipinski definition) is 3. The van der Waals surface area contributed by atoms with E-state index in [2.05, 4.69) is 40.1 Å². The van der Waals surface area contributed by atoms with Gasteiger partial charge in [0.25, 0.3) is 0 Å². The average Bonchev–Trinajstić information content (AvgIpc) is 2.56. The number of piperazine rings is 1. The number of anilines is 1. The van der Waals surface area contributed by atoms with Crippen LogP contribution < -0.4 is 4.90 Å². The molecule has 0 amide bonds. The van der Waals surface area contributed by atoms with Gasteiger partial charge in [-0.1, -0.05) is 41.9 Å². The van der Waals surface area contributed by atoms with Gasteiger partial charge in [-0.05, 0) is 23.8 Å². The van der Waals surface area contributed by atoms with Crippen LogP contribution in [0.25, 0.3) is 0 Å². The number of benzene rings is 2. The first-order valence-electron chi connectivity index (χ1n) is 7.47. The Hall–Kier alpha value is -2.02. The van der Waals surface area contributed by atoms with Crippen LogP contribution in [0.4, 0.5) is 5.69 Å². The summed E-state index contributed by atoms with van der Waals surface area (Å²) in [4.78, 5) is 4.73. The molecule has 1 saturated heterocycles. The molecule has 112 valence electrons. The molecule has 0 saturated carbocycles. The minimum atomic E-state index is 0.614. The van der Waals surface area contributed by atoms with Crippen molar-refractivity contribution in [3.05, 3.63) is 64.7 Å². The molecular weight excluding hydrogens is 294 g/mol. The lowest BCUT2D eigenvalue weighted by Gasteiger charge is -2.36. The molecule has 22 heavy (non-hydrogen) atoms. The van der Waals surface area contributed by atoms with Crippen molar-refractivity contribution >= 4 is 17.3 Å². The van der Waals surface area contributed by atoms with Crippen molar-refractivity contribution in [3.63, 3.8) is 0 Å². The fourth-order valence-corrected chi connectivity index (χ4v) is 3.03. The van der Waals surface area contributed by atoms with Crippen molar-refractivity contribution in [2.24, 2.45) is 0 Å². The lowest BCUT2D eigenvalue weighted by atomic mass is 10.1. The first-order valence-corrected chi connectivity index (χ1v) is 7.85. The molecule has 2 aromatic carbocycles. The number of hydrogen-bond donors (Lipinski definition) is 0. The Morgan fingerprint density at radius 1 is 1.00 bits per heavy atom. The zero-order valence-corrected chi connectivity index (χ0v) is 13.1. The van der Waals surface area contributed by atoms with E-state index in [1.54, 1.807) is 6.07 Å². The first-order chi connectivity index (χ1) is 10.8. The van der Waals surface area contributed by atoms with E-state index in [4.69, 9.17) is 11.6 Å². The summed E-state index contributed by atoms with van der Waals surface area (Å²) in [5.74, 6) is 0. The van der Waals surface area contributed by atoms with Gasteiger partial charge in [-0.2, -0.15) is 5.26 Å².